The van der Waals surface area contributed by atoms with Gasteiger partial charge in [0.25, 0.3) is 0 Å². The maximum atomic E-state index is 10.7. The van der Waals surface area contributed by atoms with E-state index in [1.165, 1.54) is 6.07 Å². The lowest BCUT2D eigenvalue weighted by Gasteiger charge is -2.16. The van der Waals surface area contributed by atoms with Gasteiger partial charge in [0.1, 0.15) is 0 Å². The van der Waals surface area contributed by atoms with Gasteiger partial charge >= 0.3 is 5.97 Å². The number of hydrogen-bond acceptors (Lipinski definition) is 3. The second kappa shape index (κ2) is 3.96. The molecule has 0 heterocycles. The Balaban J connectivity index is 2.18. The van der Waals surface area contributed by atoms with Gasteiger partial charge < -0.3 is 15.5 Å². The SMILES string of the molecule is O=C(O)c1ccc(NC2(CO)CC2)cc1Cl. The number of aliphatic hydroxyl groups is 1. The van der Waals surface area contributed by atoms with Crippen molar-refractivity contribution in [1.29, 1.82) is 0 Å². The zero-order chi connectivity index (χ0) is 11.8. The van der Waals surface area contributed by atoms with Gasteiger partial charge in [-0.25, -0.2) is 4.79 Å². The molecule has 1 fully saturated rings. The minimum Gasteiger partial charge on any atom is -0.478 e. The number of benzene rings is 1. The van der Waals surface area contributed by atoms with Gasteiger partial charge in [-0.2, -0.15) is 0 Å². The molecule has 0 saturated heterocycles. The molecule has 5 heteroatoms. The highest BCUT2D eigenvalue weighted by molar-refractivity contribution is 6.33. The van der Waals surface area contributed by atoms with Gasteiger partial charge in [0.2, 0.25) is 0 Å². The van der Waals surface area contributed by atoms with Crippen molar-refractivity contribution in [3.05, 3.63) is 28.8 Å². The van der Waals surface area contributed by atoms with Crippen LogP contribution < -0.4 is 5.32 Å². The van der Waals surface area contributed by atoms with E-state index in [-0.39, 0.29) is 22.7 Å². The minimum atomic E-state index is -1.04. The van der Waals surface area contributed by atoms with Gasteiger partial charge in [0.15, 0.2) is 0 Å². The molecule has 0 aromatic heterocycles. The molecule has 16 heavy (non-hydrogen) atoms. The maximum absolute atomic E-state index is 10.7. The molecule has 0 unspecified atom stereocenters. The molecule has 2 rings (SSSR count). The van der Waals surface area contributed by atoms with Crippen LogP contribution in [0, 0.1) is 0 Å². The zero-order valence-electron chi connectivity index (χ0n) is 8.53. The van der Waals surface area contributed by atoms with Crippen LogP contribution >= 0.6 is 11.6 Å². The Labute approximate surface area is 97.9 Å². The van der Waals surface area contributed by atoms with E-state index in [1.807, 2.05) is 0 Å². The number of hydrogen-bond donors (Lipinski definition) is 3. The van der Waals surface area contributed by atoms with Crippen molar-refractivity contribution in [2.45, 2.75) is 18.4 Å². The second-order valence-corrected chi connectivity index (χ2v) is 4.47. The number of rotatable bonds is 4. The summed E-state index contributed by atoms with van der Waals surface area (Å²) in [6.07, 6.45) is 1.84. The summed E-state index contributed by atoms with van der Waals surface area (Å²) in [6, 6.07) is 4.69. The fraction of sp³-hybridized carbons (Fsp3) is 0.364. The van der Waals surface area contributed by atoms with Crippen LogP contribution in [0.3, 0.4) is 0 Å². The van der Waals surface area contributed by atoms with E-state index in [2.05, 4.69) is 5.32 Å². The molecule has 0 atom stereocenters. The predicted molar refractivity (Wildman–Crippen MR) is 61.1 cm³/mol. The highest BCUT2D eigenvalue weighted by Gasteiger charge is 2.41. The number of carboxylic acids is 1. The summed E-state index contributed by atoms with van der Waals surface area (Å²) in [5.74, 6) is -1.04. The maximum Gasteiger partial charge on any atom is 0.337 e. The number of carboxylic acid groups (broad SMARTS) is 1. The molecule has 1 aromatic rings. The topological polar surface area (TPSA) is 69.6 Å². The van der Waals surface area contributed by atoms with E-state index in [0.29, 0.717) is 0 Å². The van der Waals surface area contributed by atoms with Crippen LogP contribution in [-0.2, 0) is 0 Å². The van der Waals surface area contributed by atoms with Crippen molar-refractivity contribution in [2.24, 2.45) is 0 Å². The lowest BCUT2D eigenvalue weighted by molar-refractivity contribution is 0.0697. The number of aliphatic hydroxyl groups excluding tert-OH is 1. The summed E-state index contributed by atoms with van der Waals surface area (Å²) in [5, 5.41) is 21.3. The van der Waals surface area contributed by atoms with Gasteiger partial charge in [-0.3, -0.25) is 0 Å². The smallest absolute Gasteiger partial charge is 0.337 e. The average Bonchev–Trinajstić information content (AvgIpc) is 2.98. The fourth-order valence-electron chi connectivity index (χ4n) is 1.55. The molecule has 4 nitrogen and oxygen atoms in total. The van der Waals surface area contributed by atoms with Crippen LogP contribution in [0.2, 0.25) is 5.02 Å². The molecule has 1 aromatic carbocycles. The Morgan fingerprint density at radius 1 is 1.50 bits per heavy atom. The summed E-state index contributed by atoms with van der Waals surface area (Å²) < 4.78 is 0. The lowest BCUT2D eigenvalue weighted by Crippen LogP contribution is -2.25. The van der Waals surface area contributed by atoms with Gasteiger partial charge in [0.05, 0.1) is 22.7 Å². The number of halogens is 1. The quantitative estimate of drug-likeness (QED) is 0.754. The first-order chi connectivity index (χ1) is 7.56. The van der Waals surface area contributed by atoms with Gasteiger partial charge in [-0.05, 0) is 31.0 Å². The van der Waals surface area contributed by atoms with Crippen molar-refractivity contribution in [3.63, 3.8) is 0 Å². The Morgan fingerprint density at radius 3 is 2.62 bits per heavy atom. The molecular weight excluding hydrogens is 230 g/mol. The third-order valence-corrected chi connectivity index (χ3v) is 3.08. The highest BCUT2D eigenvalue weighted by atomic mass is 35.5. The van der Waals surface area contributed by atoms with Crippen molar-refractivity contribution >= 4 is 23.3 Å². The third-order valence-electron chi connectivity index (χ3n) is 2.77. The molecule has 0 spiro atoms. The van der Waals surface area contributed by atoms with E-state index < -0.39 is 5.97 Å². The van der Waals surface area contributed by atoms with Crippen LogP contribution in [0.15, 0.2) is 18.2 Å². The van der Waals surface area contributed by atoms with Crippen LogP contribution in [0.1, 0.15) is 23.2 Å². The van der Waals surface area contributed by atoms with Crippen LogP contribution in [-0.4, -0.2) is 28.3 Å². The second-order valence-electron chi connectivity index (χ2n) is 4.06. The monoisotopic (exact) mass is 241 g/mol. The summed E-state index contributed by atoms with van der Waals surface area (Å²) in [7, 11) is 0. The molecule has 1 saturated carbocycles. The van der Waals surface area contributed by atoms with Crippen LogP contribution in [0.5, 0.6) is 0 Å². The molecule has 0 bridgehead atoms. The first-order valence-corrected chi connectivity index (χ1v) is 5.36. The van der Waals surface area contributed by atoms with Gasteiger partial charge in [0, 0.05) is 5.69 Å². The lowest BCUT2D eigenvalue weighted by atomic mass is 10.2. The van der Waals surface area contributed by atoms with E-state index in [4.69, 9.17) is 21.8 Å². The summed E-state index contributed by atoms with van der Waals surface area (Å²) in [5.41, 5.74) is 0.594. The summed E-state index contributed by atoms with van der Waals surface area (Å²) >= 11 is 5.83. The average molecular weight is 242 g/mol. The van der Waals surface area contributed by atoms with Crippen LogP contribution in [0.25, 0.3) is 0 Å². The molecule has 0 aliphatic heterocycles. The number of anilines is 1. The Morgan fingerprint density at radius 2 is 2.19 bits per heavy atom. The minimum absolute atomic E-state index is 0.0747. The molecule has 1 aliphatic carbocycles. The molecule has 3 N–H and O–H groups in total. The largest absolute Gasteiger partial charge is 0.478 e. The van der Waals surface area contributed by atoms with Crippen molar-refractivity contribution in [1.82, 2.24) is 0 Å². The van der Waals surface area contributed by atoms with Gasteiger partial charge in [-0.1, -0.05) is 11.6 Å². The number of aromatic carboxylic acids is 1. The molecular formula is C11H12ClNO3. The molecule has 0 radical (unpaired) electrons. The van der Waals surface area contributed by atoms with E-state index in [0.717, 1.165) is 18.5 Å². The first-order valence-electron chi connectivity index (χ1n) is 4.98. The standard InChI is InChI=1S/C11H12ClNO3/c12-9-5-7(1-2-8(9)10(15)16)13-11(6-14)3-4-11/h1-2,5,13-14H,3-4,6H2,(H,15,16). The Hall–Kier alpha value is -1.26. The van der Waals surface area contributed by atoms with Crippen molar-refractivity contribution in [2.75, 3.05) is 11.9 Å². The van der Waals surface area contributed by atoms with Crippen molar-refractivity contribution in [3.8, 4) is 0 Å². The van der Waals surface area contributed by atoms with Crippen molar-refractivity contribution < 1.29 is 15.0 Å². The number of nitrogens with one attached hydrogen (secondary N) is 1. The first kappa shape index (κ1) is 11.2. The molecule has 0 amide bonds. The third kappa shape index (κ3) is 2.13. The van der Waals surface area contributed by atoms with E-state index >= 15 is 0 Å². The highest BCUT2D eigenvalue weighted by Crippen LogP contribution is 2.38. The van der Waals surface area contributed by atoms with Gasteiger partial charge in [-0.15, -0.1) is 0 Å². The summed E-state index contributed by atoms with van der Waals surface area (Å²) in [4.78, 5) is 10.7. The Bertz CT molecular complexity index is 429. The predicted octanol–water partition coefficient (Wildman–Crippen LogP) is 1.97. The number of carbonyl (C=O) groups is 1. The normalized spacial score (nSPS) is 16.9. The van der Waals surface area contributed by atoms with Crippen LogP contribution in [0.4, 0.5) is 5.69 Å². The van der Waals surface area contributed by atoms with E-state index in [9.17, 15) is 4.79 Å². The summed E-state index contributed by atoms with van der Waals surface area (Å²) in [6.45, 7) is 0.0747. The molecule has 86 valence electrons. The molecule has 1 aliphatic rings. The Kier molecular flexibility index (Phi) is 2.78. The fourth-order valence-corrected chi connectivity index (χ4v) is 1.81. The van der Waals surface area contributed by atoms with E-state index in [1.54, 1.807) is 12.1 Å². The zero-order valence-corrected chi connectivity index (χ0v) is 9.29.